The molecule has 7 heteroatoms. The number of carbonyl (C=O) groups is 1. The molecule has 6 nitrogen and oxygen atoms in total. The summed E-state index contributed by atoms with van der Waals surface area (Å²) < 4.78 is 14.6. The van der Waals surface area contributed by atoms with Crippen LogP contribution in [0.4, 0.5) is 4.39 Å². The lowest BCUT2D eigenvalue weighted by Crippen LogP contribution is -2.27. The Hall–Kier alpha value is -3.09. The summed E-state index contributed by atoms with van der Waals surface area (Å²) in [5, 5.41) is 4.24. The van der Waals surface area contributed by atoms with Gasteiger partial charge < -0.3 is 4.90 Å². The average Bonchev–Trinajstić information content (AvgIpc) is 2.97. The predicted octanol–water partition coefficient (Wildman–Crippen LogP) is 2.38. The Morgan fingerprint density at radius 1 is 1.21 bits per heavy atom. The van der Waals surface area contributed by atoms with E-state index in [0.717, 1.165) is 5.69 Å². The molecule has 0 fully saturated rings. The Morgan fingerprint density at radius 2 is 1.96 bits per heavy atom. The summed E-state index contributed by atoms with van der Waals surface area (Å²) in [5.74, 6) is 0.0129. The minimum atomic E-state index is -0.331. The van der Waals surface area contributed by atoms with Crippen LogP contribution in [0.2, 0.25) is 0 Å². The second-order valence-electron chi connectivity index (χ2n) is 5.35. The third-order valence-electron chi connectivity index (χ3n) is 3.50. The van der Waals surface area contributed by atoms with Crippen LogP contribution < -0.4 is 0 Å². The Balaban J connectivity index is 1.81. The summed E-state index contributed by atoms with van der Waals surface area (Å²) in [4.78, 5) is 22.4. The maximum absolute atomic E-state index is 13.0. The third kappa shape index (κ3) is 3.29. The second-order valence-corrected chi connectivity index (χ2v) is 5.35. The van der Waals surface area contributed by atoms with Crippen molar-refractivity contribution in [2.45, 2.75) is 13.5 Å². The average molecular weight is 325 g/mol. The molecule has 3 rings (SSSR count). The molecule has 0 bridgehead atoms. The highest BCUT2D eigenvalue weighted by atomic mass is 19.1. The van der Waals surface area contributed by atoms with E-state index in [2.05, 4.69) is 15.1 Å². The first-order valence-corrected chi connectivity index (χ1v) is 7.39. The number of halogens is 1. The normalized spacial score (nSPS) is 10.6. The quantitative estimate of drug-likeness (QED) is 0.739. The van der Waals surface area contributed by atoms with Crippen LogP contribution in [0, 0.1) is 12.7 Å². The molecule has 2 aromatic heterocycles. The molecule has 0 atom stereocenters. The van der Waals surface area contributed by atoms with Gasteiger partial charge in [-0.3, -0.25) is 9.78 Å². The summed E-state index contributed by atoms with van der Waals surface area (Å²) in [7, 11) is 1.67. The number of aromatic nitrogens is 4. The molecule has 1 amide bonds. The van der Waals surface area contributed by atoms with E-state index >= 15 is 0 Å². The lowest BCUT2D eigenvalue weighted by atomic mass is 10.3. The van der Waals surface area contributed by atoms with Gasteiger partial charge in [-0.2, -0.15) is 0 Å². The maximum Gasteiger partial charge on any atom is 0.293 e. The zero-order valence-electron chi connectivity index (χ0n) is 13.3. The summed E-state index contributed by atoms with van der Waals surface area (Å²) in [6.45, 7) is 2.11. The second kappa shape index (κ2) is 6.57. The molecular weight excluding hydrogens is 309 g/mol. The number of benzene rings is 1. The third-order valence-corrected chi connectivity index (χ3v) is 3.50. The van der Waals surface area contributed by atoms with E-state index in [0.29, 0.717) is 18.1 Å². The summed E-state index contributed by atoms with van der Waals surface area (Å²) in [6, 6.07) is 11.4. The molecule has 0 saturated heterocycles. The number of hydrogen-bond donors (Lipinski definition) is 0. The SMILES string of the molecule is Cc1nc(C(=O)N(C)Cc2ccccn2)nn1-c1ccc(F)cc1. The molecule has 24 heavy (non-hydrogen) atoms. The molecule has 0 unspecified atom stereocenters. The zero-order chi connectivity index (χ0) is 17.1. The summed E-state index contributed by atoms with van der Waals surface area (Å²) in [5.41, 5.74) is 1.43. The van der Waals surface area contributed by atoms with Crippen LogP contribution in [0.3, 0.4) is 0 Å². The van der Waals surface area contributed by atoms with Crippen molar-refractivity contribution in [2.24, 2.45) is 0 Å². The van der Waals surface area contributed by atoms with Crippen molar-refractivity contribution < 1.29 is 9.18 Å². The highest BCUT2D eigenvalue weighted by molar-refractivity contribution is 5.90. The topological polar surface area (TPSA) is 63.9 Å². The van der Waals surface area contributed by atoms with Gasteiger partial charge in [0.05, 0.1) is 17.9 Å². The van der Waals surface area contributed by atoms with Gasteiger partial charge in [-0.15, -0.1) is 5.10 Å². The number of aryl methyl sites for hydroxylation is 1. The van der Waals surface area contributed by atoms with E-state index in [-0.39, 0.29) is 17.5 Å². The lowest BCUT2D eigenvalue weighted by molar-refractivity contribution is 0.0771. The van der Waals surface area contributed by atoms with E-state index in [4.69, 9.17) is 0 Å². The number of pyridine rings is 1. The first-order chi connectivity index (χ1) is 11.5. The van der Waals surface area contributed by atoms with Crippen LogP contribution >= 0.6 is 0 Å². The van der Waals surface area contributed by atoms with Crippen molar-refractivity contribution in [3.05, 3.63) is 71.8 Å². The molecule has 0 aliphatic rings. The maximum atomic E-state index is 13.0. The van der Waals surface area contributed by atoms with Crippen LogP contribution in [-0.4, -0.2) is 37.6 Å². The van der Waals surface area contributed by atoms with E-state index in [1.165, 1.54) is 21.7 Å². The van der Waals surface area contributed by atoms with Crippen molar-refractivity contribution in [3.8, 4) is 5.69 Å². The molecule has 0 saturated carbocycles. The van der Waals surface area contributed by atoms with E-state index < -0.39 is 0 Å². The predicted molar refractivity (Wildman–Crippen MR) is 86.1 cm³/mol. The number of rotatable bonds is 4. The van der Waals surface area contributed by atoms with E-state index in [9.17, 15) is 9.18 Å². The fourth-order valence-electron chi connectivity index (χ4n) is 2.28. The number of nitrogens with zero attached hydrogens (tertiary/aromatic N) is 5. The Labute approximate surface area is 138 Å². The molecule has 0 N–H and O–H groups in total. The minimum absolute atomic E-state index is 0.0928. The van der Waals surface area contributed by atoms with Crippen LogP contribution in [0.5, 0.6) is 0 Å². The largest absolute Gasteiger partial charge is 0.333 e. The van der Waals surface area contributed by atoms with Crippen LogP contribution in [0.15, 0.2) is 48.7 Å². The van der Waals surface area contributed by atoms with Crippen molar-refractivity contribution in [3.63, 3.8) is 0 Å². The van der Waals surface area contributed by atoms with Gasteiger partial charge in [0.2, 0.25) is 5.82 Å². The van der Waals surface area contributed by atoms with Gasteiger partial charge >= 0.3 is 0 Å². The number of carbonyl (C=O) groups excluding carboxylic acids is 1. The smallest absolute Gasteiger partial charge is 0.293 e. The molecule has 0 spiro atoms. The molecule has 3 aromatic rings. The van der Waals surface area contributed by atoms with Gasteiger partial charge in [0.1, 0.15) is 11.6 Å². The van der Waals surface area contributed by atoms with Crippen LogP contribution in [0.1, 0.15) is 22.1 Å². The summed E-state index contributed by atoms with van der Waals surface area (Å²) >= 11 is 0. The van der Waals surface area contributed by atoms with Crippen molar-refractivity contribution in [2.75, 3.05) is 7.05 Å². The molecule has 0 aliphatic carbocycles. The first-order valence-electron chi connectivity index (χ1n) is 7.39. The molecule has 1 aromatic carbocycles. The Kier molecular flexibility index (Phi) is 4.33. The van der Waals surface area contributed by atoms with Crippen molar-refractivity contribution >= 4 is 5.91 Å². The molecule has 0 aliphatic heterocycles. The summed E-state index contributed by atoms with van der Waals surface area (Å²) in [6.07, 6.45) is 1.68. The lowest BCUT2D eigenvalue weighted by Gasteiger charge is -2.14. The van der Waals surface area contributed by atoms with E-state index in [1.807, 2.05) is 18.2 Å². The van der Waals surface area contributed by atoms with Gasteiger partial charge in [0, 0.05) is 13.2 Å². The number of amides is 1. The van der Waals surface area contributed by atoms with Gasteiger partial charge in [-0.1, -0.05) is 6.07 Å². The van der Waals surface area contributed by atoms with Crippen molar-refractivity contribution in [1.82, 2.24) is 24.6 Å². The fraction of sp³-hybridized carbons (Fsp3) is 0.176. The molecule has 122 valence electrons. The first kappa shape index (κ1) is 15.8. The Morgan fingerprint density at radius 3 is 2.62 bits per heavy atom. The highest BCUT2D eigenvalue weighted by Crippen LogP contribution is 2.12. The van der Waals surface area contributed by atoms with E-state index in [1.54, 1.807) is 32.3 Å². The van der Waals surface area contributed by atoms with Gasteiger partial charge in [0.15, 0.2) is 0 Å². The monoisotopic (exact) mass is 325 g/mol. The standard InChI is InChI=1S/C17H16FN5O/c1-12-20-16(21-23(12)15-8-6-13(18)7-9-15)17(24)22(2)11-14-5-3-4-10-19-14/h3-10H,11H2,1-2H3. The Bertz CT molecular complexity index is 845. The van der Waals surface area contributed by atoms with Crippen molar-refractivity contribution in [1.29, 1.82) is 0 Å². The van der Waals surface area contributed by atoms with Crippen LogP contribution in [0.25, 0.3) is 5.69 Å². The zero-order valence-corrected chi connectivity index (χ0v) is 13.3. The van der Waals surface area contributed by atoms with Gasteiger partial charge in [-0.05, 0) is 43.3 Å². The van der Waals surface area contributed by atoms with Gasteiger partial charge in [0.25, 0.3) is 5.91 Å². The number of hydrogen-bond acceptors (Lipinski definition) is 4. The molecular formula is C17H16FN5O. The van der Waals surface area contributed by atoms with Crippen LogP contribution in [-0.2, 0) is 6.54 Å². The van der Waals surface area contributed by atoms with Gasteiger partial charge in [-0.25, -0.2) is 14.1 Å². The molecule has 0 radical (unpaired) electrons. The minimum Gasteiger partial charge on any atom is -0.333 e. The highest BCUT2D eigenvalue weighted by Gasteiger charge is 2.19. The fourth-order valence-corrected chi connectivity index (χ4v) is 2.28. The molecule has 2 heterocycles.